The molecule has 0 amide bonds. The highest BCUT2D eigenvalue weighted by Gasteiger charge is 2.23. The summed E-state index contributed by atoms with van der Waals surface area (Å²) in [6.07, 6.45) is 6.39. The van der Waals surface area contributed by atoms with Crippen LogP contribution in [0, 0.1) is 12.7 Å². The highest BCUT2D eigenvalue weighted by atomic mass is 19.1. The van der Waals surface area contributed by atoms with E-state index in [2.05, 4.69) is 35.3 Å². The summed E-state index contributed by atoms with van der Waals surface area (Å²) in [5, 5.41) is 16.9. The number of aliphatic hydroxyl groups is 1. The van der Waals surface area contributed by atoms with Gasteiger partial charge >= 0.3 is 0 Å². The molecule has 4 aromatic heterocycles. The average Bonchev–Trinajstić information content (AvgIpc) is 3.52. The van der Waals surface area contributed by atoms with Gasteiger partial charge in [-0.25, -0.2) is 33.8 Å². The molecule has 1 atom stereocenters. The molecule has 0 saturated carbocycles. The van der Waals surface area contributed by atoms with Gasteiger partial charge in [-0.3, -0.25) is 0 Å². The first kappa shape index (κ1) is 21.1. The first-order valence-corrected chi connectivity index (χ1v) is 11.0. The number of nitrogens with zero attached hydrogens (tertiary/aromatic N) is 8. The SMILES string of the molecule is Cc1c(Oc2ccn3ncnc3c2)ccc(Nc2ncnc3cnc(N4CC[C@H](O)C4)nc23)c1F. The van der Waals surface area contributed by atoms with E-state index >= 15 is 4.39 Å². The van der Waals surface area contributed by atoms with Crippen LogP contribution in [0.1, 0.15) is 12.0 Å². The molecular formula is C23H20FN9O2. The molecule has 35 heavy (non-hydrogen) atoms. The zero-order valence-corrected chi connectivity index (χ0v) is 18.6. The van der Waals surface area contributed by atoms with E-state index in [9.17, 15) is 5.11 Å². The summed E-state index contributed by atoms with van der Waals surface area (Å²) >= 11 is 0. The summed E-state index contributed by atoms with van der Waals surface area (Å²) in [5.74, 6) is 1.24. The number of pyridine rings is 1. The molecule has 1 saturated heterocycles. The monoisotopic (exact) mass is 473 g/mol. The number of fused-ring (bicyclic) bond motifs is 2. The Hall–Kier alpha value is -4.45. The summed E-state index contributed by atoms with van der Waals surface area (Å²) in [6.45, 7) is 2.76. The van der Waals surface area contributed by atoms with Crippen molar-refractivity contribution in [2.45, 2.75) is 19.4 Å². The number of anilines is 3. The average molecular weight is 473 g/mol. The highest BCUT2D eigenvalue weighted by Crippen LogP contribution is 2.33. The zero-order valence-electron chi connectivity index (χ0n) is 18.6. The predicted octanol–water partition coefficient (Wildman–Crippen LogP) is 3.02. The van der Waals surface area contributed by atoms with Gasteiger partial charge in [0, 0.05) is 30.9 Å². The fraction of sp³-hybridized carbons (Fsp3) is 0.217. The molecule has 176 valence electrons. The summed E-state index contributed by atoms with van der Waals surface area (Å²) in [5.41, 5.74) is 2.15. The van der Waals surface area contributed by atoms with E-state index in [4.69, 9.17) is 4.74 Å². The van der Waals surface area contributed by atoms with Gasteiger partial charge in [0.1, 0.15) is 35.2 Å². The molecule has 5 aromatic rings. The summed E-state index contributed by atoms with van der Waals surface area (Å²) in [6, 6.07) is 6.72. The molecule has 2 N–H and O–H groups in total. The van der Waals surface area contributed by atoms with Crippen LogP contribution in [0.4, 0.5) is 21.8 Å². The van der Waals surface area contributed by atoms with E-state index in [1.807, 2.05) is 4.90 Å². The maximum Gasteiger partial charge on any atom is 0.226 e. The zero-order chi connectivity index (χ0) is 23.9. The topological polar surface area (TPSA) is 126 Å². The maximum absolute atomic E-state index is 15.3. The second-order valence-corrected chi connectivity index (χ2v) is 8.22. The minimum atomic E-state index is -0.477. The van der Waals surface area contributed by atoms with Crippen LogP contribution in [-0.2, 0) is 0 Å². The van der Waals surface area contributed by atoms with Crippen LogP contribution in [-0.4, -0.2) is 58.8 Å². The Kier molecular flexibility index (Phi) is 5.07. The third-order valence-electron chi connectivity index (χ3n) is 5.88. The number of β-amino-alcohol motifs (C(OH)–C–C–N with tert-alkyl or cyclic N) is 1. The maximum atomic E-state index is 15.3. The van der Waals surface area contributed by atoms with Crippen molar-refractivity contribution >= 4 is 34.1 Å². The normalized spacial score (nSPS) is 15.7. The lowest BCUT2D eigenvalue weighted by molar-refractivity contribution is 0.198. The van der Waals surface area contributed by atoms with Crippen molar-refractivity contribution in [1.29, 1.82) is 0 Å². The van der Waals surface area contributed by atoms with Crippen molar-refractivity contribution in [3.8, 4) is 11.5 Å². The van der Waals surface area contributed by atoms with Crippen molar-refractivity contribution in [2.24, 2.45) is 0 Å². The Labute approximate surface area is 198 Å². The molecule has 0 aliphatic carbocycles. The number of hydrogen-bond donors (Lipinski definition) is 2. The van der Waals surface area contributed by atoms with Crippen LogP contribution in [0.5, 0.6) is 11.5 Å². The molecule has 1 aromatic carbocycles. The van der Waals surface area contributed by atoms with Gasteiger partial charge < -0.3 is 20.1 Å². The molecule has 1 aliphatic heterocycles. The van der Waals surface area contributed by atoms with Crippen LogP contribution in [0.3, 0.4) is 0 Å². The van der Waals surface area contributed by atoms with Crippen molar-refractivity contribution in [1.82, 2.24) is 34.5 Å². The molecule has 0 spiro atoms. The number of hydrogen-bond acceptors (Lipinski definition) is 10. The van der Waals surface area contributed by atoms with Gasteiger partial charge in [0.05, 0.1) is 18.0 Å². The first-order chi connectivity index (χ1) is 17.0. The number of nitrogens with one attached hydrogen (secondary N) is 1. The minimum absolute atomic E-state index is 0.222. The smallest absolute Gasteiger partial charge is 0.226 e. The molecule has 6 rings (SSSR count). The number of ether oxygens (including phenoxy) is 1. The van der Waals surface area contributed by atoms with Gasteiger partial charge in [0.25, 0.3) is 0 Å². The van der Waals surface area contributed by atoms with Crippen LogP contribution >= 0.6 is 0 Å². The van der Waals surface area contributed by atoms with E-state index in [0.717, 1.165) is 0 Å². The lowest BCUT2D eigenvalue weighted by Crippen LogP contribution is -2.23. The van der Waals surface area contributed by atoms with Crippen molar-refractivity contribution in [2.75, 3.05) is 23.3 Å². The molecule has 11 nitrogen and oxygen atoms in total. The number of benzene rings is 1. The van der Waals surface area contributed by atoms with Crippen molar-refractivity contribution in [3.05, 3.63) is 60.7 Å². The van der Waals surface area contributed by atoms with E-state index in [0.29, 0.717) is 65.0 Å². The number of rotatable bonds is 5. The molecule has 1 aliphatic rings. The molecule has 0 radical (unpaired) electrons. The van der Waals surface area contributed by atoms with Crippen molar-refractivity contribution < 1.29 is 14.2 Å². The molecule has 5 heterocycles. The third kappa shape index (κ3) is 3.93. The Morgan fingerprint density at radius 1 is 1.14 bits per heavy atom. The first-order valence-electron chi connectivity index (χ1n) is 11.0. The Bertz CT molecular complexity index is 1560. The lowest BCUT2D eigenvalue weighted by Gasteiger charge is -2.16. The van der Waals surface area contributed by atoms with Gasteiger partial charge in [-0.2, -0.15) is 5.10 Å². The molecule has 1 fully saturated rings. The fourth-order valence-electron chi connectivity index (χ4n) is 4.00. The standard InChI is InChI=1S/C23H20FN9O2/c1-13-18(35-15-5-7-33-19(8-15)27-12-29-33)3-2-16(20(13)24)30-22-21-17(26-11-28-22)9-25-23(31-21)32-6-4-14(34)10-32/h2-3,5,7-9,11-12,14,34H,4,6,10H2,1H3,(H,26,28,30)/t14-/m0/s1. The van der Waals surface area contributed by atoms with Gasteiger partial charge in [0.2, 0.25) is 5.95 Å². The van der Waals surface area contributed by atoms with Gasteiger partial charge in [0.15, 0.2) is 17.3 Å². The van der Waals surface area contributed by atoms with Gasteiger partial charge in [-0.1, -0.05) is 0 Å². The van der Waals surface area contributed by atoms with E-state index in [1.165, 1.54) is 12.7 Å². The number of aliphatic hydroxyl groups excluding tert-OH is 1. The van der Waals surface area contributed by atoms with E-state index in [-0.39, 0.29) is 5.69 Å². The largest absolute Gasteiger partial charge is 0.457 e. The van der Waals surface area contributed by atoms with Gasteiger partial charge in [-0.05, 0) is 31.5 Å². The second kappa shape index (κ2) is 8.40. The van der Waals surface area contributed by atoms with E-state index in [1.54, 1.807) is 48.1 Å². The fourth-order valence-corrected chi connectivity index (χ4v) is 4.00. The summed E-state index contributed by atoms with van der Waals surface area (Å²) < 4.78 is 22.9. The Morgan fingerprint density at radius 3 is 2.91 bits per heavy atom. The lowest BCUT2D eigenvalue weighted by atomic mass is 10.1. The van der Waals surface area contributed by atoms with E-state index < -0.39 is 11.9 Å². The molecular weight excluding hydrogens is 453 g/mol. The number of aromatic nitrogens is 7. The van der Waals surface area contributed by atoms with Crippen LogP contribution in [0.15, 0.2) is 49.3 Å². The molecule has 0 unspecified atom stereocenters. The molecule has 0 bridgehead atoms. The van der Waals surface area contributed by atoms with Gasteiger partial charge in [-0.15, -0.1) is 0 Å². The second-order valence-electron chi connectivity index (χ2n) is 8.22. The quantitative estimate of drug-likeness (QED) is 0.393. The van der Waals surface area contributed by atoms with Crippen molar-refractivity contribution in [3.63, 3.8) is 0 Å². The third-order valence-corrected chi connectivity index (χ3v) is 5.88. The number of halogens is 1. The Morgan fingerprint density at radius 2 is 2.06 bits per heavy atom. The molecule has 12 heteroatoms. The summed E-state index contributed by atoms with van der Waals surface area (Å²) in [7, 11) is 0. The highest BCUT2D eigenvalue weighted by molar-refractivity contribution is 5.87. The minimum Gasteiger partial charge on any atom is -0.457 e. The van der Waals surface area contributed by atoms with Crippen LogP contribution in [0.2, 0.25) is 0 Å². The van der Waals surface area contributed by atoms with Crippen LogP contribution < -0.4 is 15.0 Å². The summed E-state index contributed by atoms with van der Waals surface area (Å²) in [4.78, 5) is 23.5. The van der Waals surface area contributed by atoms with Crippen LogP contribution in [0.25, 0.3) is 16.7 Å². The predicted molar refractivity (Wildman–Crippen MR) is 125 cm³/mol. The Balaban J connectivity index is 1.29.